The zero-order chi connectivity index (χ0) is 13.4. The van der Waals surface area contributed by atoms with Gasteiger partial charge in [-0.2, -0.15) is 0 Å². The number of amides is 2. The van der Waals surface area contributed by atoms with E-state index in [1.54, 1.807) is 14.0 Å². The quantitative estimate of drug-likeness (QED) is 0.689. The van der Waals surface area contributed by atoms with Crippen LogP contribution in [0.25, 0.3) is 0 Å². The van der Waals surface area contributed by atoms with Gasteiger partial charge in [-0.25, -0.2) is 4.79 Å². The largest absolute Gasteiger partial charge is 0.480 e. The Bertz CT molecular complexity index is 256. The van der Waals surface area contributed by atoms with E-state index in [0.29, 0.717) is 25.9 Å². The van der Waals surface area contributed by atoms with Gasteiger partial charge in [0.15, 0.2) is 0 Å². The van der Waals surface area contributed by atoms with Gasteiger partial charge in [-0.05, 0) is 19.8 Å². The van der Waals surface area contributed by atoms with Crippen LogP contribution in [0.5, 0.6) is 0 Å². The Balaban J connectivity index is 4.32. The van der Waals surface area contributed by atoms with E-state index in [0.717, 1.165) is 0 Å². The van der Waals surface area contributed by atoms with E-state index >= 15 is 0 Å². The zero-order valence-corrected chi connectivity index (χ0v) is 10.7. The summed E-state index contributed by atoms with van der Waals surface area (Å²) in [5, 5.41) is 17.8. The molecule has 0 radical (unpaired) electrons. The van der Waals surface area contributed by atoms with Crippen LogP contribution in [-0.2, 0) is 4.79 Å². The maximum Gasteiger partial charge on any atom is 0.323 e. The molecule has 0 heterocycles. The molecule has 0 rings (SSSR count). The third-order valence-corrected chi connectivity index (χ3v) is 2.30. The van der Waals surface area contributed by atoms with Gasteiger partial charge in [0, 0.05) is 20.1 Å². The maximum absolute atomic E-state index is 11.9. The van der Waals surface area contributed by atoms with Crippen molar-refractivity contribution in [3.8, 4) is 0 Å². The number of carboxylic acid groups (broad SMARTS) is 1. The van der Waals surface area contributed by atoms with Crippen LogP contribution in [0.4, 0.5) is 4.79 Å². The molecule has 0 bridgehead atoms. The van der Waals surface area contributed by atoms with E-state index in [1.807, 2.05) is 6.92 Å². The molecular formula is C11H22N2O4. The molecule has 1 unspecified atom stereocenters. The number of urea groups is 1. The van der Waals surface area contributed by atoms with Gasteiger partial charge in [-0.15, -0.1) is 0 Å². The number of carboxylic acids is 1. The van der Waals surface area contributed by atoms with Crippen LogP contribution < -0.4 is 0 Å². The van der Waals surface area contributed by atoms with Crippen LogP contribution >= 0.6 is 0 Å². The van der Waals surface area contributed by atoms with E-state index in [4.69, 9.17) is 10.2 Å². The summed E-state index contributed by atoms with van der Waals surface area (Å²) in [5.41, 5.74) is 0. The predicted molar refractivity (Wildman–Crippen MR) is 63.8 cm³/mol. The third-order valence-electron chi connectivity index (χ3n) is 2.30. The lowest BCUT2D eigenvalue weighted by atomic mass is 10.3. The molecule has 17 heavy (non-hydrogen) atoms. The first-order chi connectivity index (χ1) is 7.88. The van der Waals surface area contributed by atoms with Crippen molar-refractivity contribution < 1.29 is 19.8 Å². The van der Waals surface area contributed by atoms with Crippen molar-refractivity contribution >= 4 is 12.0 Å². The van der Waals surface area contributed by atoms with Crippen molar-refractivity contribution in [3.05, 3.63) is 0 Å². The summed E-state index contributed by atoms with van der Waals surface area (Å²) in [7, 11) is 1.61. The number of aliphatic carboxylic acids is 1. The molecule has 6 heteroatoms. The van der Waals surface area contributed by atoms with Gasteiger partial charge in [0.2, 0.25) is 0 Å². The highest BCUT2D eigenvalue weighted by atomic mass is 16.4. The van der Waals surface area contributed by atoms with E-state index < -0.39 is 12.1 Å². The molecule has 0 aromatic rings. The second kappa shape index (κ2) is 7.89. The Morgan fingerprint density at radius 3 is 2.29 bits per heavy atom. The highest BCUT2D eigenvalue weighted by molar-refractivity contribution is 5.80. The number of nitrogens with zero attached hydrogens (tertiary/aromatic N) is 2. The molecule has 0 spiro atoms. The molecule has 0 fully saturated rings. The van der Waals surface area contributed by atoms with Crippen molar-refractivity contribution in [2.24, 2.45) is 0 Å². The van der Waals surface area contributed by atoms with Gasteiger partial charge in [-0.3, -0.25) is 4.79 Å². The number of carbonyl (C=O) groups is 2. The highest BCUT2D eigenvalue weighted by Gasteiger charge is 2.19. The molecule has 6 nitrogen and oxygen atoms in total. The first-order valence-corrected chi connectivity index (χ1v) is 5.78. The molecule has 2 amide bonds. The lowest BCUT2D eigenvalue weighted by Gasteiger charge is -2.27. The van der Waals surface area contributed by atoms with Gasteiger partial charge >= 0.3 is 12.0 Å². The monoisotopic (exact) mass is 246 g/mol. The van der Waals surface area contributed by atoms with Crippen LogP contribution in [0, 0.1) is 0 Å². The van der Waals surface area contributed by atoms with Gasteiger partial charge < -0.3 is 20.0 Å². The Kier molecular flexibility index (Phi) is 7.29. The Hall–Kier alpha value is -1.30. The van der Waals surface area contributed by atoms with Crippen LogP contribution in [0.1, 0.15) is 26.7 Å². The highest BCUT2D eigenvalue weighted by Crippen LogP contribution is 2.01. The second-order valence-electron chi connectivity index (χ2n) is 4.16. The summed E-state index contributed by atoms with van der Waals surface area (Å²) in [6.07, 6.45) is 0.725. The molecule has 0 saturated heterocycles. The lowest BCUT2D eigenvalue weighted by molar-refractivity contribution is -0.137. The minimum Gasteiger partial charge on any atom is -0.480 e. The third kappa shape index (κ3) is 6.78. The van der Waals surface area contributed by atoms with E-state index in [9.17, 15) is 9.59 Å². The van der Waals surface area contributed by atoms with Crippen LogP contribution in [0.3, 0.4) is 0 Å². The van der Waals surface area contributed by atoms with Crippen LogP contribution in [-0.4, -0.2) is 64.8 Å². The number of hydrogen-bond donors (Lipinski definition) is 2. The van der Waals surface area contributed by atoms with E-state index in [1.165, 1.54) is 9.80 Å². The standard InChI is InChI=1S/C11H22N2O4/c1-4-6-13(8-10(15)16)11(17)12(3)7-5-9(2)14/h9,14H,4-8H2,1-3H3,(H,15,16). The van der Waals surface area contributed by atoms with Crippen LogP contribution in [0.15, 0.2) is 0 Å². The van der Waals surface area contributed by atoms with Gasteiger partial charge in [0.05, 0.1) is 6.10 Å². The normalized spacial score (nSPS) is 12.0. The Morgan fingerprint density at radius 1 is 1.29 bits per heavy atom. The smallest absolute Gasteiger partial charge is 0.323 e. The molecule has 0 aliphatic rings. The average molecular weight is 246 g/mol. The molecule has 1 atom stereocenters. The predicted octanol–water partition coefficient (Wildman–Crippen LogP) is 0.606. The van der Waals surface area contributed by atoms with Gasteiger partial charge in [-0.1, -0.05) is 6.92 Å². The number of hydrogen-bond acceptors (Lipinski definition) is 3. The fraction of sp³-hybridized carbons (Fsp3) is 0.818. The molecule has 2 N–H and O–H groups in total. The fourth-order valence-electron chi connectivity index (χ4n) is 1.39. The van der Waals surface area contributed by atoms with Crippen molar-refractivity contribution in [1.29, 1.82) is 0 Å². The van der Waals surface area contributed by atoms with Crippen molar-refractivity contribution in [1.82, 2.24) is 9.80 Å². The summed E-state index contributed by atoms with van der Waals surface area (Å²) in [5.74, 6) is -1.02. The number of rotatable bonds is 7. The first kappa shape index (κ1) is 15.7. The summed E-state index contributed by atoms with van der Waals surface area (Å²) >= 11 is 0. The molecule has 0 saturated carbocycles. The van der Waals surface area contributed by atoms with Gasteiger partial charge in [0.25, 0.3) is 0 Å². The maximum atomic E-state index is 11.9. The van der Waals surface area contributed by atoms with Crippen LogP contribution in [0.2, 0.25) is 0 Å². The van der Waals surface area contributed by atoms with Crippen molar-refractivity contribution in [2.75, 3.05) is 26.7 Å². The van der Waals surface area contributed by atoms with E-state index in [-0.39, 0.29) is 12.6 Å². The molecule has 0 aromatic carbocycles. The Morgan fingerprint density at radius 2 is 1.88 bits per heavy atom. The molecule has 0 aliphatic heterocycles. The topological polar surface area (TPSA) is 81.1 Å². The number of carbonyl (C=O) groups excluding carboxylic acids is 1. The average Bonchev–Trinajstić information content (AvgIpc) is 2.23. The lowest BCUT2D eigenvalue weighted by Crippen LogP contribution is -2.44. The SMILES string of the molecule is CCCN(CC(=O)O)C(=O)N(C)CCC(C)O. The summed E-state index contributed by atoms with van der Waals surface area (Å²) in [6, 6.07) is -0.310. The van der Waals surface area contributed by atoms with Crippen molar-refractivity contribution in [3.63, 3.8) is 0 Å². The zero-order valence-electron chi connectivity index (χ0n) is 10.7. The Labute approximate surface area is 102 Å². The first-order valence-electron chi connectivity index (χ1n) is 5.78. The van der Waals surface area contributed by atoms with Gasteiger partial charge in [0.1, 0.15) is 6.54 Å². The number of aliphatic hydroxyl groups is 1. The van der Waals surface area contributed by atoms with Crippen molar-refractivity contribution in [2.45, 2.75) is 32.8 Å². The summed E-state index contributed by atoms with van der Waals surface area (Å²) in [4.78, 5) is 25.2. The molecule has 0 aromatic heterocycles. The summed E-state index contributed by atoms with van der Waals surface area (Å²) < 4.78 is 0. The second-order valence-corrected chi connectivity index (χ2v) is 4.16. The van der Waals surface area contributed by atoms with E-state index in [2.05, 4.69) is 0 Å². The number of aliphatic hydroxyl groups excluding tert-OH is 1. The minimum absolute atomic E-state index is 0.286. The fourth-order valence-corrected chi connectivity index (χ4v) is 1.39. The minimum atomic E-state index is -1.02. The molecule has 0 aliphatic carbocycles. The summed E-state index contributed by atoms with van der Waals surface area (Å²) in [6.45, 7) is 4.09. The molecular weight excluding hydrogens is 224 g/mol. The molecule has 100 valence electrons.